The van der Waals surface area contributed by atoms with E-state index in [1.165, 1.54) is 0 Å². The molecule has 0 bridgehead atoms. The van der Waals surface area contributed by atoms with E-state index < -0.39 is 29.7 Å². The van der Waals surface area contributed by atoms with Gasteiger partial charge in [0.15, 0.2) is 0 Å². The van der Waals surface area contributed by atoms with Gasteiger partial charge in [0.25, 0.3) is 11.8 Å². The fraction of sp³-hybridized carbons (Fsp3) is 0.355. The summed E-state index contributed by atoms with van der Waals surface area (Å²) in [6.07, 6.45) is 0.545. The third-order valence-corrected chi connectivity index (χ3v) is 6.97. The number of allylic oxidation sites excluding steroid dienone is 1. The molecule has 4 rings (SSSR count). The van der Waals surface area contributed by atoms with Crippen molar-refractivity contribution in [2.24, 2.45) is 0 Å². The molecule has 0 fully saturated rings. The lowest BCUT2D eigenvalue weighted by molar-refractivity contribution is -0.140. The summed E-state index contributed by atoms with van der Waals surface area (Å²) >= 11 is 0. The zero-order valence-corrected chi connectivity index (χ0v) is 23.6. The summed E-state index contributed by atoms with van der Waals surface area (Å²) in [6.45, 7) is 6.06. The van der Waals surface area contributed by atoms with Crippen molar-refractivity contribution < 1.29 is 28.7 Å². The predicted octanol–water partition coefficient (Wildman–Crippen LogP) is 3.56. The van der Waals surface area contributed by atoms with Crippen molar-refractivity contribution in [3.63, 3.8) is 0 Å². The number of nitrogens with one attached hydrogen (secondary N) is 1. The zero-order chi connectivity index (χ0) is 29.0. The van der Waals surface area contributed by atoms with Gasteiger partial charge in [-0.3, -0.25) is 14.5 Å². The van der Waals surface area contributed by atoms with Gasteiger partial charge in [0.2, 0.25) is 0 Å². The molecule has 0 aromatic heterocycles. The monoisotopic (exact) mass is 545 g/mol. The normalized spacial score (nSPS) is 16.9. The molecule has 9 heteroatoms. The van der Waals surface area contributed by atoms with Crippen molar-refractivity contribution in [2.75, 3.05) is 40.4 Å². The quantitative estimate of drug-likeness (QED) is 0.357. The second-order valence-corrected chi connectivity index (χ2v) is 10.1. The minimum Gasteiger partial charge on any atom is -0.463 e. The molecule has 2 aromatic carbocycles. The van der Waals surface area contributed by atoms with E-state index in [1.54, 1.807) is 38.1 Å². The first-order chi connectivity index (χ1) is 19.1. The lowest BCUT2D eigenvalue weighted by Gasteiger charge is -2.32. The average molecular weight is 546 g/mol. The third kappa shape index (κ3) is 5.84. The summed E-state index contributed by atoms with van der Waals surface area (Å²) in [5.74, 6) is -2.69. The number of rotatable bonds is 10. The Morgan fingerprint density at radius 1 is 0.925 bits per heavy atom. The third-order valence-electron chi connectivity index (χ3n) is 6.97. The number of fused-ring (bicyclic) bond motifs is 1. The maximum absolute atomic E-state index is 13.6. The highest BCUT2D eigenvalue weighted by Gasteiger charge is 2.39. The molecule has 2 aromatic rings. The van der Waals surface area contributed by atoms with Gasteiger partial charge >= 0.3 is 11.9 Å². The van der Waals surface area contributed by atoms with Crippen molar-refractivity contribution in [3.8, 4) is 0 Å². The van der Waals surface area contributed by atoms with E-state index >= 15 is 0 Å². The number of dihydropyridines is 1. The summed E-state index contributed by atoms with van der Waals surface area (Å²) in [7, 11) is 3.90. The van der Waals surface area contributed by atoms with Crippen molar-refractivity contribution in [2.45, 2.75) is 33.1 Å². The van der Waals surface area contributed by atoms with E-state index in [4.69, 9.17) is 9.47 Å². The molecule has 40 heavy (non-hydrogen) atoms. The average Bonchev–Trinajstić information content (AvgIpc) is 3.16. The summed E-state index contributed by atoms with van der Waals surface area (Å²) in [4.78, 5) is 55.5. The lowest BCUT2D eigenvalue weighted by Crippen LogP contribution is -2.36. The number of amides is 2. The van der Waals surface area contributed by atoms with Crippen molar-refractivity contribution in [3.05, 3.63) is 93.3 Å². The van der Waals surface area contributed by atoms with Gasteiger partial charge in [-0.25, -0.2) is 9.59 Å². The van der Waals surface area contributed by atoms with Gasteiger partial charge in [-0.15, -0.1) is 0 Å². The highest BCUT2D eigenvalue weighted by molar-refractivity contribution is 6.21. The van der Waals surface area contributed by atoms with Crippen LogP contribution in [0.4, 0.5) is 0 Å². The van der Waals surface area contributed by atoms with Gasteiger partial charge in [-0.05, 0) is 52.6 Å². The second-order valence-electron chi connectivity index (χ2n) is 10.1. The van der Waals surface area contributed by atoms with Gasteiger partial charge in [0.1, 0.15) is 6.61 Å². The second kappa shape index (κ2) is 12.3. The van der Waals surface area contributed by atoms with Crippen LogP contribution in [0.2, 0.25) is 0 Å². The van der Waals surface area contributed by atoms with Gasteiger partial charge in [-0.2, -0.15) is 0 Å². The molecule has 2 amide bonds. The molecule has 2 aliphatic rings. The van der Waals surface area contributed by atoms with Gasteiger partial charge < -0.3 is 19.7 Å². The minimum atomic E-state index is -0.718. The number of carbonyl (C=O) groups excluding carboxylic acids is 4. The Morgan fingerprint density at radius 2 is 1.57 bits per heavy atom. The molecule has 1 N–H and O–H groups in total. The van der Waals surface area contributed by atoms with E-state index in [2.05, 4.69) is 5.32 Å². The molecule has 0 saturated heterocycles. The molecule has 2 heterocycles. The Hall–Kier alpha value is -4.24. The highest BCUT2D eigenvalue weighted by Crippen LogP contribution is 2.40. The first-order valence-corrected chi connectivity index (χ1v) is 13.4. The van der Waals surface area contributed by atoms with Crippen LogP contribution in [0.3, 0.4) is 0 Å². The summed E-state index contributed by atoms with van der Waals surface area (Å²) < 4.78 is 11.1. The highest BCUT2D eigenvalue weighted by atomic mass is 16.5. The minimum absolute atomic E-state index is 0.0817. The topological polar surface area (TPSA) is 105 Å². The van der Waals surface area contributed by atoms with E-state index in [1.807, 2.05) is 50.2 Å². The Balaban J connectivity index is 1.63. The maximum atomic E-state index is 13.6. The predicted molar refractivity (Wildman–Crippen MR) is 149 cm³/mol. The standard InChI is InChI=1S/C31H35N3O6/c1-6-39-31(38)27-24(14-15-33(4)5)32-20(3)25(26(27)21-11-9-10-19(2)18-21)30(37)40-17-16-34-28(35)22-12-7-8-13-23(22)29(34)36/h7-13,18,26,32H,6,14-17H2,1-5H3. The first kappa shape index (κ1) is 28.8. The van der Waals surface area contributed by atoms with Crippen molar-refractivity contribution >= 4 is 23.8 Å². The molecule has 2 aliphatic heterocycles. The Labute approximate surface area is 234 Å². The number of nitrogens with zero attached hydrogens (tertiary/aromatic N) is 2. The van der Waals surface area contributed by atoms with E-state index in [9.17, 15) is 19.2 Å². The van der Waals surface area contributed by atoms with Gasteiger partial charge in [-0.1, -0.05) is 42.0 Å². The molecule has 0 spiro atoms. The van der Waals surface area contributed by atoms with Crippen LogP contribution in [0.5, 0.6) is 0 Å². The zero-order valence-electron chi connectivity index (χ0n) is 23.6. The number of hydrogen-bond donors (Lipinski definition) is 1. The van der Waals surface area contributed by atoms with Crippen molar-refractivity contribution in [1.29, 1.82) is 0 Å². The number of carbonyl (C=O) groups is 4. The molecular weight excluding hydrogens is 510 g/mol. The maximum Gasteiger partial charge on any atom is 0.336 e. The van der Waals surface area contributed by atoms with E-state index in [-0.39, 0.29) is 25.3 Å². The van der Waals surface area contributed by atoms with Crippen LogP contribution in [-0.4, -0.2) is 74.0 Å². The van der Waals surface area contributed by atoms with Crippen molar-refractivity contribution in [1.82, 2.24) is 15.1 Å². The van der Waals surface area contributed by atoms with Crippen LogP contribution in [0, 0.1) is 6.92 Å². The number of hydrogen-bond acceptors (Lipinski definition) is 8. The summed E-state index contributed by atoms with van der Waals surface area (Å²) in [5.41, 5.74) is 4.32. The lowest BCUT2D eigenvalue weighted by atomic mass is 9.79. The van der Waals surface area contributed by atoms with Gasteiger partial charge in [0, 0.05) is 24.4 Å². The molecule has 1 unspecified atom stereocenters. The molecule has 0 saturated carbocycles. The Morgan fingerprint density at radius 3 is 2.17 bits per heavy atom. The van der Waals surface area contributed by atoms with Crippen LogP contribution in [-0.2, 0) is 19.1 Å². The van der Waals surface area contributed by atoms with Gasteiger partial charge in [0.05, 0.1) is 41.3 Å². The molecule has 1 atom stereocenters. The summed E-state index contributed by atoms with van der Waals surface area (Å²) in [5, 5.41) is 3.28. The number of benzene rings is 2. The molecule has 9 nitrogen and oxygen atoms in total. The largest absolute Gasteiger partial charge is 0.463 e. The Kier molecular flexibility index (Phi) is 8.84. The molecule has 0 radical (unpaired) electrons. The van der Waals surface area contributed by atoms with Crippen LogP contribution < -0.4 is 5.32 Å². The SMILES string of the molecule is CCOC(=O)C1=C(CCN(C)C)NC(C)=C(C(=O)OCCN2C(=O)c3ccccc3C2=O)C1c1cccc(C)c1. The molecular formula is C31H35N3O6. The van der Waals surface area contributed by atoms with Crippen LogP contribution in [0.15, 0.2) is 71.1 Å². The number of ether oxygens (including phenoxy) is 2. The fourth-order valence-electron chi connectivity index (χ4n) is 5.08. The number of esters is 2. The number of aryl methyl sites for hydroxylation is 1. The smallest absolute Gasteiger partial charge is 0.336 e. The van der Waals surface area contributed by atoms with Crippen LogP contribution in [0.1, 0.15) is 58.0 Å². The van der Waals surface area contributed by atoms with Crippen LogP contribution >= 0.6 is 0 Å². The van der Waals surface area contributed by atoms with E-state index in [0.717, 1.165) is 16.0 Å². The van der Waals surface area contributed by atoms with Crippen LogP contribution in [0.25, 0.3) is 0 Å². The van der Waals surface area contributed by atoms with E-state index in [0.29, 0.717) is 41.1 Å². The number of imide groups is 1. The Bertz CT molecular complexity index is 1370. The summed E-state index contributed by atoms with van der Waals surface area (Å²) in [6, 6.07) is 14.3. The fourth-order valence-corrected chi connectivity index (χ4v) is 5.08. The first-order valence-electron chi connectivity index (χ1n) is 13.4. The molecule has 210 valence electrons. The molecule has 0 aliphatic carbocycles.